The summed E-state index contributed by atoms with van der Waals surface area (Å²) >= 11 is 7.14. The van der Waals surface area contributed by atoms with Crippen LogP contribution in [0.25, 0.3) is 11.5 Å². The van der Waals surface area contributed by atoms with Crippen LogP contribution in [0.4, 0.5) is 0 Å². The highest BCUT2D eigenvalue weighted by Crippen LogP contribution is 2.27. The van der Waals surface area contributed by atoms with Crippen LogP contribution in [-0.4, -0.2) is 27.9 Å². The first-order valence-corrected chi connectivity index (χ1v) is 10.1. The van der Waals surface area contributed by atoms with Crippen LogP contribution in [-0.2, 0) is 4.79 Å². The monoisotopic (exact) mass is 391 g/mol. The quantitative estimate of drug-likeness (QED) is 0.538. The number of hydrogen-bond acceptors (Lipinski definition) is 5. The average Bonchev–Trinajstić information content (AvgIpc) is 3.11. The van der Waals surface area contributed by atoms with Crippen LogP contribution in [0.2, 0.25) is 5.02 Å². The highest BCUT2D eigenvalue weighted by molar-refractivity contribution is 8.00. The molecule has 0 fully saturated rings. The molecule has 26 heavy (non-hydrogen) atoms. The Morgan fingerprint density at radius 1 is 1.31 bits per heavy atom. The molecule has 0 saturated heterocycles. The maximum atomic E-state index is 12.2. The van der Waals surface area contributed by atoms with Gasteiger partial charge in [-0.2, -0.15) is 0 Å². The minimum Gasteiger partial charge on any atom is -0.411 e. The van der Waals surface area contributed by atoms with Crippen molar-refractivity contribution in [2.45, 2.75) is 49.5 Å². The van der Waals surface area contributed by atoms with E-state index in [-0.39, 0.29) is 11.2 Å². The molecule has 0 aliphatic heterocycles. The minimum absolute atomic E-state index is 0.0161. The fourth-order valence-electron chi connectivity index (χ4n) is 2.79. The smallest absolute Gasteiger partial charge is 0.277 e. The molecule has 7 heteroatoms. The second kappa shape index (κ2) is 9.24. The molecule has 0 spiro atoms. The summed E-state index contributed by atoms with van der Waals surface area (Å²) in [6.45, 7) is 2.52. The third-order valence-electron chi connectivity index (χ3n) is 4.27. The molecule has 0 unspecified atom stereocenters. The maximum Gasteiger partial charge on any atom is 0.277 e. The molecule has 1 aliphatic carbocycles. The van der Waals surface area contributed by atoms with Crippen molar-refractivity contribution in [3.05, 3.63) is 40.9 Å². The molecule has 1 amide bonds. The van der Waals surface area contributed by atoms with E-state index in [4.69, 9.17) is 16.0 Å². The number of hydrogen-bond donors (Lipinski definition) is 1. The Kier molecular flexibility index (Phi) is 6.74. The Bertz CT molecular complexity index is 773. The van der Waals surface area contributed by atoms with Crippen molar-refractivity contribution in [1.29, 1.82) is 0 Å². The second-order valence-electron chi connectivity index (χ2n) is 6.29. The first-order chi connectivity index (χ1) is 12.6. The first-order valence-electron chi connectivity index (χ1n) is 8.83. The highest BCUT2D eigenvalue weighted by atomic mass is 35.5. The van der Waals surface area contributed by atoms with E-state index < -0.39 is 0 Å². The molecule has 3 rings (SSSR count). The lowest BCUT2D eigenvalue weighted by atomic mass is 9.97. The number of benzene rings is 1. The van der Waals surface area contributed by atoms with Gasteiger partial charge in [0.15, 0.2) is 0 Å². The normalized spacial score (nSPS) is 15.4. The molecule has 0 bridgehead atoms. The van der Waals surface area contributed by atoms with E-state index in [9.17, 15) is 4.79 Å². The number of nitrogens with one attached hydrogen (secondary N) is 1. The third kappa shape index (κ3) is 5.35. The maximum absolute atomic E-state index is 12.2. The summed E-state index contributed by atoms with van der Waals surface area (Å²) in [6.07, 6.45) is 8.12. The summed E-state index contributed by atoms with van der Waals surface area (Å²) in [7, 11) is 0. The van der Waals surface area contributed by atoms with Crippen LogP contribution < -0.4 is 5.32 Å². The van der Waals surface area contributed by atoms with Gasteiger partial charge in [-0.15, -0.1) is 10.2 Å². The Morgan fingerprint density at radius 2 is 2.12 bits per heavy atom. The Labute approximate surface area is 162 Å². The number of aromatic nitrogens is 2. The summed E-state index contributed by atoms with van der Waals surface area (Å²) < 4.78 is 5.64. The van der Waals surface area contributed by atoms with Crippen LogP contribution >= 0.6 is 23.4 Å². The van der Waals surface area contributed by atoms with Crippen LogP contribution in [0, 0.1) is 0 Å². The molecule has 1 aliphatic rings. The van der Waals surface area contributed by atoms with Gasteiger partial charge in [0, 0.05) is 17.1 Å². The zero-order chi connectivity index (χ0) is 18.4. The molecule has 1 aromatic carbocycles. The van der Waals surface area contributed by atoms with Crippen molar-refractivity contribution >= 4 is 29.3 Å². The van der Waals surface area contributed by atoms with E-state index in [1.165, 1.54) is 36.6 Å². The number of allylic oxidation sites excluding steroid dienone is 1. The number of halogens is 1. The van der Waals surface area contributed by atoms with Gasteiger partial charge in [-0.3, -0.25) is 4.79 Å². The SMILES string of the molecule is C[C@@H](Sc1nnc(-c2ccc(Cl)cc2)o1)C(=O)NCCC1=CCCCC1. The summed E-state index contributed by atoms with van der Waals surface area (Å²) in [6, 6.07) is 7.18. The van der Waals surface area contributed by atoms with Crippen molar-refractivity contribution in [1.82, 2.24) is 15.5 Å². The third-order valence-corrected chi connectivity index (χ3v) is 5.46. The van der Waals surface area contributed by atoms with Gasteiger partial charge in [0.25, 0.3) is 5.22 Å². The standard InChI is InChI=1S/C19H22ClN3O2S/c1-13(17(24)21-12-11-14-5-3-2-4-6-14)26-19-23-22-18(25-19)15-7-9-16(20)10-8-15/h5,7-10,13H,2-4,6,11-12H2,1H3,(H,21,24)/t13-/m1/s1. The van der Waals surface area contributed by atoms with Crippen molar-refractivity contribution in [3.8, 4) is 11.5 Å². The summed E-state index contributed by atoms with van der Waals surface area (Å²) in [5, 5.41) is 11.8. The summed E-state index contributed by atoms with van der Waals surface area (Å²) in [4.78, 5) is 12.2. The van der Waals surface area contributed by atoms with Gasteiger partial charge in [-0.25, -0.2) is 0 Å². The highest BCUT2D eigenvalue weighted by Gasteiger charge is 2.18. The van der Waals surface area contributed by atoms with Gasteiger partial charge in [0.05, 0.1) is 5.25 Å². The van der Waals surface area contributed by atoms with E-state index in [1.54, 1.807) is 12.1 Å². The molecule has 1 N–H and O–H groups in total. The van der Waals surface area contributed by atoms with E-state index in [2.05, 4.69) is 21.6 Å². The molecular weight excluding hydrogens is 370 g/mol. The van der Waals surface area contributed by atoms with E-state index in [1.807, 2.05) is 19.1 Å². The Hall–Kier alpha value is -1.79. The molecule has 2 aromatic rings. The molecule has 0 saturated carbocycles. The Morgan fingerprint density at radius 3 is 2.85 bits per heavy atom. The van der Waals surface area contributed by atoms with Gasteiger partial charge >= 0.3 is 0 Å². The van der Waals surface area contributed by atoms with Crippen LogP contribution in [0.15, 0.2) is 45.6 Å². The lowest BCUT2D eigenvalue weighted by molar-refractivity contribution is -0.120. The number of rotatable bonds is 7. The van der Waals surface area contributed by atoms with E-state index in [0.717, 1.165) is 18.4 Å². The van der Waals surface area contributed by atoms with E-state index in [0.29, 0.717) is 22.7 Å². The van der Waals surface area contributed by atoms with Gasteiger partial charge < -0.3 is 9.73 Å². The largest absolute Gasteiger partial charge is 0.411 e. The van der Waals surface area contributed by atoms with Gasteiger partial charge in [0.1, 0.15) is 0 Å². The summed E-state index contributed by atoms with van der Waals surface area (Å²) in [5.41, 5.74) is 2.26. The topological polar surface area (TPSA) is 68.0 Å². The molecule has 0 radical (unpaired) electrons. The number of carbonyl (C=O) groups is 1. The number of nitrogens with zero attached hydrogens (tertiary/aromatic N) is 2. The predicted octanol–water partition coefficient (Wildman–Crippen LogP) is 4.88. The van der Waals surface area contributed by atoms with Crippen molar-refractivity contribution in [3.63, 3.8) is 0 Å². The molecule has 138 valence electrons. The van der Waals surface area contributed by atoms with Crippen molar-refractivity contribution in [2.24, 2.45) is 0 Å². The minimum atomic E-state index is -0.297. The van der Waals surface area contributed by atoms with E-state index >= 15 is 0 Å². The summed E-state index contributed by atoms with van der Waals surface area (Å²) in [5.74, 6) is 0.402. The van der Waals surface area contributed by atoms with Gasteiger partial charge in [-0.1, -0.05) is 35.0 Å². The second-order valence-corrected chi connectivity index (χ2v) is 8.02. The molecular formula is C19H22ClN3O2S. The molecule has 1 heterocycles. The molecule has 1 atom stereocenters. The van der Waals surface area contributed by atoms with Gasteiger partial charge in [0.2, 0.25) is 11.8 Å². The fourth-order valence-corrected chi connectivity index (χ4v) is 3.63. The van der Waals surface area contributed by atoms with Crippen LogP contribution in [0.5, 0.6) is 0 Å². The lowest BCUT2D eigenvalue weighted by Gasteiger charge is -2.14. The fraction of sp³-hybridized carbons (Fsp3) is 0.421. The van der Waals surface area contributed by atoms with Crippen LogP contribution in [0.1, 0.15) is 39.0 Å². The number of thioether (sulfide) groups is 1. The van der Waals surface area contributed by atoms with Crippen molar-refractivity contribution in [2.75, 3.05) is 6.54 Å². The Balaban J connectivity index is 1.48. The zero-order valence-electron chi connectivity index (χ0n) is 14.7. The zero-order valence-corrected chi connectivity index (χ0v) is 16.3. The average molecular weight is 392 g/mol. The predicted molar refractivity (Wildman–Crippen MR) is 104 cm³/mol. The number of carbonyl (C=O) groups excluding carboxylic acids is 1. The number of amides is 1. The van der Waals surface area contributed by atoms with Crippen molar-refractivity contribution < 1.29 is 9.21 Å². The molecule has 5 nitrogen and oxygen atoms in total. The molecule has 1 aromatic heterocycles. The van der Waals surface area contributed by atoms with Gasteiger partial charge in [-0.05, 0) is 63.3 Å². The lowest BCUT2D eigenvalue weighted by Crippen LogP contribution is -2.31. The van der Waals surface area contributed by atoms with Crippen LogP contribution in [0.3, 0.4) is 0 Å². The first kappa shape index (κ1) is 19.0.